The Morgan fingerprint density at radius 3 is 2.95 bits per heavy atom. The number of rotatable bonds is 3. The van der Waals surface area contributed by atoms with Gasteiger partial charge < -0.3 is 15.0 Å². The van der Waals surface area contributed by atoms with Crippen molar-refractivity contribution in [3.63, 3.8) is 0 Å². The molecule has 0 bridgehead atoms. The molecule has 5 nitrogen and oxygen atoms in total. The molecule has 1 fully saturated rings. The number of likely N-dealkylation sites (tertiary alicyclic amines) is 1. The molecule has 1 aliphatic heterocycles. The lowest BCUT2D eigenvalue weighted by Gasteiger charge is -2.36. The van der Waals surface area contributed by atoms with E-state index >= 15 is 0 Å². The van der Waals surface area contributed by atoms with Crippen molar-refractivity contribution in [1.29, 1.82) is 0 Å². The van der Waals surface area contributed by atoms with Gasteiger partial charge in [-0.2, -0.15) is 0 Å². The monoisotopic (exact) mass is 297 g/mol. The number of hydrogen-bond donors (Lipinski definition) is 1. The molecule has 0 saturated carbocycles. The van der Waals surface area contributed by atoms with E-state index in [0.717, 1.165) is 13.0 Å². The summed E-state index contributed by atoms with van der Waals surface area (Å²) in [7, 11) is 3.43. The molecule has 1 amide bonds. The Balaban J connectivity index is 2.13. The van der Waals surface area contributed by atoms with Gasteiger partial charge in [0.25, 0.3) is 5.91 Å². The fourth-order valence-corrected chi connectivity index (χ4v) is 2.71. The van der Waals surface area contributed by atoms with Crippen LogP contribution in [0.5, 0.6) is 0 Å². The highest BCUT2D eigenvalue weighted by Crippen LogP contribution is 2.23. The Kier molecular flexibility index (Phi) is 4.83. The van der Waals surface area contributed by atoms with E-state index in [9.17, 15) is 4.79 Å². The van der Waals surface area contributed by atoms with E-state index in [0.29, 0.717) is 28.9 Å². The van der Waals surface area contributed by atoms with Crippen molar-refractivity contribution in [3.8, 4) is 0 Å². The molecule has 1 N–H and O–H groups in total. The molecule has 2 atom stereocenters. The largest absolute Gasteiger partial charge is 0.379 e. The summed E-state index contributed by atoms with van der Waals surface area (Å²) < 4.78 is 5.43. The van der Waals surface area contributed by atoms with Crippen molar-refractivity contribution in [3.05, 3.63) is 22.8 Å². The first-order chi connectivity index (χ1) is 9.56. The lowest BCUT2D eigenvalue weighted by atomic mass is 9.95. The van der Waals surface area contributed by atoms with E-state index in [-0.39, 0.29) is 12.0 Å². The molecule has 0 spiro atoms. The number of piperidine rings is 1. The van der Waals surface area contributed by atoms with Crippen LogP contribution < -0.4 is 5.32 Å². The molecule has 2 heterocycles. The Bertz CT molecular complexity index is 495. The lowest BCUT2D eigenvalue weighted by molar-refractivity contribution is -0.00157. The van der Waals surface area contributed by atoms with Crippen molar-refractivity contribution >= 4 is 23.3 Å². The van der Waals surface area contributed by atoms with Crippen LogP contribution in [0.25, 0.3) is 0 Å². The zero-order chi connectivity index (χ0) is 14.7. The van der Waals surface area contributed by atoms with Gasteiger partial charge in [-0.3, -0.25) is 4.79 Å². The third-order valence-electron chi connectivity index (χ3n) is 3.80. The van der Waals surface area contributed by atoms with E-state index in [4.69, 9.17) is 16.3 Å². The first-order valence-corrected chi connectivity index (χ1v) is 7.10. The second-order valence-electron chi connectivity index (χ2n) is 5.10. The highest BCUT2D eigenvalue weighted by Gasteiger charge is 2.29. The number of methoxy groups -OCH3 is 1. The highest BCUT2D eigenvalue weighted by atomic mass is 35.5. The van der Waals surface area contributed by atoms with E-state index in [2.05, 4.69) is 17.2 Å². The van der Waals surface area contributed by atoms with Crippen molar-refractivity contribution in [2.24, 2.45) is 5.92 Å². The minimum atomic E-state index is -0.0454. The minimum Gasteiger partial charge on any atom is -0.379 e. The van der Waals surface area contributed by atoms with Crippen LogP contribution in [0.4, 0.5) is 5.82 Å². The number of amides is 1. The molecule has 2 rings (SSSR count). The van der Waals surface area contributed by atoms with E-state index < -0.39 is 0 Å². The van der Waals surface area contributed by atoms with Gasteiger partial charge in [0, 0.05) is 33.4 Å². The summed E-state index contributed by atoms with van der Waals surface area (Å²) >= 11 is 6.07. The van der Waals surface area contributed by atoms with E-state index in [1.165, 1.54) is 0 Å². The number of carbonyl (C=O) groups is 1. The van der Waals surface area contributed by atoms with E-state index in [1.807, 2.05) is 0 Å². The van der Waals surface area contributed by atoms with Crippen LogP contribution >= 0.6 is 11.6 Å². The maximum atomic E-state index is 12.5. The second kappa shape index (κ2) is 6.41. The van der Waals surface area contributed by atoms with Gasteiger partial charge in [-0.15, -0.1) is 0 Å². The molecule has 1 aliphatic rings. The Labute approximate surface area is 124 Å². The zero-order valence-electron chi connectivity index (χ0n) is 12.0. The van der Waals surface area contributed by atoms with Crippen LogP contribution in [0, 0.1) is 5.92 Å². The highest BCUT2D eigenvalue weighted by molar-refractivity contribution is 6.33. The zero-order valence-corrected chi connectivity index (χ0v) is 12.8. The SMILES string of the molecule is CNc1ncc(C(=O)N2CCC(C)C(OC)C2)cc1Cl. The molecule has 110 valence electrons. The Morgan fingerprint density at radius 1 is 1.60 bits per heavy atom. The van der Waals surface area contributed by atoms with Gasteiger partial charge in [-0.1, -0.05) is 18.5 Å². The number of halogens is 1. The fourth-order valence-electron chi connectivity index (χ4n) is 2.45. The summed E-state index contributed by atoms with van der Waals surface area (Å²) in [5, 5.41) is 3.33. The summed E-state index contributed by atoms with van der Waals surface area (Å²) in [4.78, 5) is 18.4. The van der Waals surface area contributed by atoms with Crippen molar-refractivity contribution in [2.75, 3.05) is 32.6 Å². The van der Waals surface area contributed by atoms with Crippen LogP contribution in [0.2, 0.25) is 5.02 Å². The minimum absolute atomic E-state index is 0.0454. The summed E-state index contributed by atoms with van der Waals surface area (Å²) in [5.41, 5.74) is 0.512. The number of ether oxygens (including phenoxy) is 1. The predicted octanol–water partition coefficient (Wildman–Crippen LogP) is 2.27. The molecule has 0 aromatic carbocycles. The quantitative estimate of drug-likeness (QED) is 0.930. The predicted molar refractivity (Wildman–Crippen MR) is 79.3 cm³/mol. The number of hydrogen-bond acceptors (Lipinski definition) is 4. The first-order valence-electron chi connectivity index (χ1n) is 6.72. The summed E-state index contributed by atoms with van der Waals surface area (Å²) in [5.74, 6) is 0.999. The van der Waals surface area contributed by atoms with Crippen LogP contribution in [0.15, 0.2) is 12.3 Å². The molecule has 1 saturated heterocycles. The number of nitrogens with zero attached hydrogens (tertiary/aromatic N) is 2. The topological polar surface area (TPSA) is 54.5 Å². The number of aromatic nitrogens is 1. The molecular formula is C14H20ClN3O2. The average molecular weight is 298 g/mol. The van der Waals surface area contributed by atoms with Crippen molar-refractivity contribution in [1.82, 2.24) is 9.88 Å². The van der Waals surface area contributed by atoms with Gasteiger partial charge in [0.2, 0.25) is 0 Å². The van der Waals surface area contributed by atoms with Gasteiger partial charge in [-0.25, -0.2) is 4.98 Å². The summed E-state index contributed by atoms with van der Waals surface area (Å²) in [6.07, 6.45) is 2.59. The normalized spacial score (nSPS) is 22.7. The molecule has 1 aromatic rings. The standard InChI is InChI=1S/C14H20ClN3O2/c1-9-4-5-18(8-12(9)20-3)14(19)10-6-11(15)13(16-2)17-7-10/h6-7,9,12H,4-5,8H2,1-3H3,(H,16,17). The van der Waals surface area contributed by atoms with Crippen LogP contribution in [-0.2, 0) is 4.74 Å². The lowest BCUT2D eigenvalue weighted by Crippen LogP contribution is -2.46. The number of pyridine rings is 1. The molecule has 1 aromatic heterocycles. The third-order valence-corrected chi connectivity index (χ3v) is 4.09. The third kappa shape index (κ3) is 3.04. The molecule has 20 heavy (non-hydrogen) atoms. The maximum absolute atomic E-state index is 12.5. The average Bonchev–Trinajstić information content (AvgIpc) is 2.47. The van der Waals surface area contributed by atoms with Crippen LogP contribution in [0.1, 0.15) is 23.7 Å². The Hall–Kier alpha value is -1.33. The van der Waals surface area contributed by atoms with Crippen molar-refractivity contribution < 1.29 is 9.53 Å². The molecule has 0 radical (unpaired) electrons. The number of carbonyl (C=O) groups excluding carboxylic acids is 1. The second-order valence-corrected chi connectivity index (χ2v) is 5.50. The number of nitrogens with one attached hydrogen (secondary N) is 1. The first kappa shape index (κ1) is 15.1. The Morgan fingerprint density at radius 2 is 2.35 bits per heavy atom. The molecule has 2 unspecified atom stereocenters. The molecule has 0 aliphatic carbocycles. The van der Waals surface area contributed by atoms with Crippen LogP contribution in [0.3, 0.4) is 0 Å². The van der Waals surface area contributed by atoms with Gasteiger partial charge >= 0.3 is 0 Å². The van der Waals surface area contributed by atoms with E-state index in [1.54, 1.807) is 31.3 Å². The molecular weight excluding hydrogens is 278 g/mol. The fraction of sp³-hybridized carbons (Fsp3) is 0.571. The van der Waals surface area contributed by atoms with Gasteiger partial charge in [0.1, 0.15) is 5.82 Å². The molecule has 6 heteroatoms. The van der Waals surface area contributed by atoms with Gasteiger partial charge in [0.05, 0.1) is 16.7 Å². The van der Waals surface area contributed by atoms with Crippen LogP contribution in [-0.4, -0.2) is 49.1 Å². The van der Waals surface area contributed by atoms with Crippen molar-refractivity contribution in [2.45, 2.75) is 19.4 Å². The summed E-state index contributed by atoms with van der Waals surface area (Å²) in [6.45, 7) is 3.50. The maximum Gasteiger partial charge on any atom is 0.255 e. The summed E-state index contributed by atoms with van der Waals surface area (Å²) in [6, 6.07) is 1.66. The van der Waals surface area contributed by atoms with Gasteiger partial charge in [-0.05, 0) is 18.4 Å². The smallest absolute Gasteiger partial charge is 0.255 e. The van der Waals surface area contributed by atoms with Gasteiger partial charge in [0.15, 0.2) is 0 Å². The number of anilines is 1.